The molecule has 1 fully saturated rings. The van der Waals surface area contributed by atoms with Crippen LogP contribution in [0.2, 0.25) is 0 Å². The van der Waals surface area contributed by atoms with Gasteiger partial charge in [-0.3, -0.25) is 24.0 Å². The number of hydrogen-bond donors (Lipinski definition) is 0. The molecule has 0 bridgehead atoms. The molecule has 0 saturated carbocycles. The highest BCUT2D eigenvalue weighted by molar-refractivity contribution is 5.90. The van der Waals surface area contributed by atoms with E-state index < -0.39 is 76.2 Å². The van der Waals surface area contributed by atoms with Gasteiger partial charge in [-0.15, -0.1) is 0 Å². The molecule has 0 spiro atoms. The van der Waals surface area contributed by atoms with E-state index in [0.29, 0.717) is 6.42 Å². The van der Waals surface area contributed by atoms with Crippen LogP contribution in [0.4, 0.5) is 0 Å². The number of hydrogen-bond acceptors (Lipinski definition) is 11. The van der Waals surface area contributed by atoms with Gasteiger partial charge in [-0.05, 0) is 95.6 Å². The lowest BCUT2D eigenvalue weighted by atomic mass is 9.91. The molecular formula is C33H53NO10. The van der Waals surface area contributed by atoms with E-state index in [1.807, 2.05) is 6.92 Å². The first kappa shape index (κ1) is 37.2. The van der Waals surface area contributed by atoms with Crippen LogP contribution in [0.25, 0.3) is 0 Å². The van der Waals surface area contributed by atoms with E-state index in [1.54, 1.807) is 94.2 Å². The van der Waals surface area contributed by atoms with Gasteiger partial charge in [-0.2, -0.15) is 0 Å². The van der Waals surface area contributed by atoms with Crippen molar-refractivity contribution in [2.24, 2.45) is 21.7 Å². The zero-order chi connectivity index (χ0) is 34.0. The maximum absolute atomic E-state index is 13.4. The summed E-state index contributed by atoms with van der Waals surface area (Å²) in [7, 11) is 0. The highest BCUT2D eigenvalue weighted by atomic mass is 16.7. The van der Waals surface area contributed by atoms with Gasteiger partial charge in [0.05, 0.1) is 21.7 Å². The number of esters is 4. The Morgan fingerprint density at radius 2 is 1.16 bits per heavy atom. The Morgan fingerprint density at radius 3 is 1.59 bits per heavy atom. The molecule has 2 heterocycles. The van der Waals surface area contributed by atoms with Crippen LogP contribution >= 0.6 is 0 Å². The van der Waals surface area contributed by atoms with Crippen molar-refractivity contribution in [1.82, 2.24) is 4.90 Å². The first-order valence-corrected chi connectivity index (χ1v) is 15.3. The molecule has 2 aliphatic rings. The molecule has 0 aromatic rings. The monoisotopic (exact) mass is 623 g/mol. The molecule has 2 aliphatic heterocycles. The Balaban J connectivity index is 2.78. The Morgan fingerprint density at radius 1 is 0.727 bits per heavy atom. The quantitative estimate of drug-likeness (QED) is 0.287. The van der Waals surface area contributed by atoms with Crippen molar-refractivity contribution in [2.75, 3.05) is 6.61 Å². The minimum atomic E-state index is -1.35. The van der Waals surface area contributed by atoms with E-state index >= 15 is 0 Å². The molecule has 0 radical (unpaired) electrons. The lowest BCUT2D eigenvalue weighted by Gasteiger charge is -2.50. The summed E-state index contributed by atoms with van der Waals surface area (Å²) < 4.78 is 30.4. The molecule has 6 unspecified atom stereocenters. The van der Waals surface area contributed by atoms with Gasteiger partial charge in [0.15, 0.2) is 30.3 Å². The molecule has 6 atom stereocenters. The summed E-state index contributed by atoms with van der Waals surface area (Å²) in [5.41, 5.74) is -3.71. The first-order chi connectivity index (χ1) is 19.9. The van der Waals surface area contributed by atoms with Gasteiger partial charge in [-0.25, -0.2) is 0 Å². The number of rotatable bonds is 7. The summed E-state index contributed by atoms with van der Waals surface area (Å²) >= 11 is 0. The fraction of sp³-hybridized carbons (Fsp3) is 0.788. The number of carbonyl (C=O) groups is 5. The maximum Gasteiger partial charge on any atom is 0.311 e. The predicted octanol–water partition coefficient (Wildman–Crippen LogP) is 4.74. The van der Waals surface area contributed by atoms with Crippen molar-refractivity contribution < 1.29 is 47.7 Å². The van der Waals surface area contributed by atoms with Crippen molar-refractivity contribution in [3.8, 4) is 0 Å². The van der Waals surface area contributed by atoms with Gasteiger partial charge < -0.3 is 28.6 Å². The van der Waals surface area contributed by atoms with E-state index in [4.69, 9.17) is 23.7 Å². The second-order valence-electron chi connectivity index (χ2n) is 15.8. The molecule has 0 amide bonds. The number of carbonyl (C=O) groups excluding carboxylic acids is 5. The average molecular weight is 624 g/mol. The van der Waals surface area contributed by atoms with Crippen molar-refractivity contribution in [2.45, 2.75) is 140 Å². The Labute approximate surface area is 262 Å². The van der Waals surface area contributed by atoms with Crippen LogP contribution < -0.4 is 0 Å². The minimum Gasteiger partial charge on any atom is -0.462 e. The fourth-order valence-corrected chi connectivity index (χ4v) is 4.29. The van der Waals surface area contributed by atoms with Crippen LogP contribution in [-0.4, -0.2) is 77.9 Å². The highest BCUT2D eigenvalue weighted by Gasteiger charge is 2.56. The predicted molar refractivity (Wildman–Crippen MR) is 162 cm³/mol. The second-order valence-corrected chi connectivity index (χ2v) is 15.8. The van der Waals surface area contributed by atoms with Gasteiger partial charge >= 0.3 is 23.9 Å². The zero-order valence-corrected chi connectivity index (χ0v) is 28.8. The van der Waals surface area contributed by atoms with Crippen LogP contribution in [-0.2, 0) is 47.7 Å². The molecular weight excluding hydrogens is 570 g/mol. The minimum absolute atomic E-state index is 0.0736. The third-order valence-corrected chi connectivity index (χ3v) is 7.22. The third-order valence-electron chi connectivity index (χ3n) is 7.22. The van der Waals surface area contributed by atoms with Gasteiger partial charge in [0.1, 0.15) is 12.7 Å². The van der Waals surface area contributed by atoms with E-state index in [0.717, 1.165) is 0 Å². The molecule has 0 aliphatic carbocycles. The maximum atomic E-state index is 13.4. The number of ether oxygens (including phenoxy) is 5. The Bertz CT molecular complexity index is 1120. The summed E-state index contributed by atoms with van der Waals surface area (Å²) in [6, 6.07) is -0.334. The largest absolute Gasteiger partial charge is 0.462 e. The van der Waals surface area contributed by atoms with Crippen molar-refractivity contribution in [1.29, 1.82) is 0 Å². The number of ketones is 1. The van der Waals surface area contributed by atoms with Crippen molar-refractivity contribution >= 4 is 29.7 Å². The Kier molecular flexibility index (Phi) is 11.5. The van der Waals surface area contributed by atoms with Gasteiger partial charge in [0.25, 0.3) is 0 Å². The molecule has 0 aromatic carbocycles. The normalized spacial score (nSPS) is 26.6. The molecule has 44 heavy (non-hydrogen) atoms. The summed E-state index contributed by atoms with van der Waals surface area (Å²) in [6.07, 6.45) is -2.43. The summed E-state index contributed by atoms with van der Waals surface area (Å²) in [5.74, 6) is -2.44. The lowest BCUT2D eigenvalue weighted by Crippen LogP contribution is -2.67. The van der Waals surface area contributed by atoms with E-state index in [9.17, 15) is 24.0 Å². The van der Waals surface area contributed by atoms with Crippen LogP contribution in [0, 0.1) is 21.7 Å². The second kappa shape index (κ2) is 13.6. The van der Waals surface area contributed by atoms with E-state index in [1.165, 1.54) is 6.08 Å². The van der Waals surface area contributed by atoms with Crippen molar-refractivity contribution in [3.05, 3.63) is 12.3 Å². The number of allylic oxidation sites excluding steroid dienone is 1. The van der Waals surface area contributed by atoms with Gasteiger partial charge in [0, 0.05) is 18.7 Å². The molecule has 11 heteroatoms. The topological polar surface area (TPSA) is 135 Å². The molecule has 2 rings (SSSR count). The van der Waals surface area contributed by atoms with Crippen LogP contribution in [0.15, 0.2) is 12.3 Å². The van der Waals surface area contributed by atoms with Crippen LogP contribution in [0.5, 0.6) is 0 Å². The molecule has 0 N–H and O–H groups in total. The van der Waals surface area contributed by atoms with Gasteiger partial charge in [-0.1, -0.05) is 6.92 Å². The molecule has 1 saturated heterocycles. The number of nitrogens with zero attached hydrogens (tertiary/aromatic N) is 1. The van der Waals surface area contributed by atoms with Crippen molar-refractivity contribution in [3.63, 3.8) is 0 Å². The molecule has 11 nitrogen and oxygen atoms in total. The van der Waals surface area contributed by atoms with E-state index in [2.05, 4.69) is 0 Å². The van der Waals surface area contributed by atoms with Crippen LogP contribution in [0.3, 0.4) is 0 Å². The average Bonchev–Trinajstić information content (AvgIpc) is 2.87. The molecule has 0 aromatic heterocycles. The molecule has 250 valence electrons. The summed E-state index contributed by atoms with van der Waals surface area (Å²) in [5, 5.41) is 0. The SMILES string of the molecule is CCC1CC(=O)C=CN1C1OC(COC(=O)C(C)(C)C)C(OC(=O)C(C)(C)C)C(OC(=O)C(C)(C)C)C1OC(=O)C(C)(C)C. The standard InChI is InChI=1S/C33H53NO10/c1-14-19-17-20(35)15-16-34(19)25-24(44-29(39)33(11,12)13)23(43-28(38)32(8,9)10)22(42-27(37)31(5,6)7)21(41-25)18-40-26(36)30(2,3)4/h15-16,19,21-25H,14,17-18H2,1-13H3. The Hall–Kier alpha value is -2.95. The first-order valence-electron chi connectivity index (χ1n) is 15.3. The summed E-state index contributed by atoms with van der Waals surface area (Å²) in [6.45, 7) is 21.8. The van der Waals surface area contributed by atoms with Gasteiger partial charge in [0.2, 0.25) is 0 Å². The van der Waals surface area contributed by atoms with Crippen LogP contribution in [0.1, 0.15) is 103 Å². The lowest BCUT2D eigenvalue weighted by molar-refractivity contribution is -0.283. The smallest absolute Gasteiger partial charge is 0.311 e. The zero-order valence-electron chi connectivity index (χ0n) is 28.8. The highest BCUT2D eigenvalue weighted by Crippen LogP contribution is 2.37. The van der Waals surface area contributed by atoms with E-state index in [-0.39, 0.29) is 24.9 Å². The summed E-state index contributed by atoms with van der Waals surface area (Å²) in [4.78, 5) is 67.1. The fourth-order valence-electron chi connectivity index (χ4n) is 4.29. The third kappa shape index (κ3) is 9.52.